The first-order valence-electron chi connectivity index (χ1n) is 10.4. The molecule has 0 aliphatic rings. The van der Waals surface area contributed by atoms with E-state index in [9.17, 15) is 23.5 Å². The molecule has 1 atom stereocenters. The van der Waals surface area contributed by atoms with Gasteiger partial charge in [-0.05, 0) is 12.8 Å². The van der Waals surface area contributed by atoms with E-state index >= 15 is 0 Å². The molecule has 0 saturated heterocycles. The quantitative estimate of drug-likeness (QED) is 0.161. The van der Waals surface area contributed by atoms with Crippen LogP contribution in [0.25, 0.3) is 0 Å². The molecule has 0 amide bonds. The average Bonchev–Trinajstić information content (AvgIpc) is 2.66. The van der Waals surface area contributed by atoms with E-state index in [0.29, 0.717) is 12.8 Å². The number of carbonyl (C=O) groups excluding carboxylic acids is 3. The maximum absolute atomic E-state index is 13.4. The van der Waals surface area contributed by atoms with E-state index in [1.807, 2.05) is 13.8 Å². The summed E-state index contributed by atoms with van der Waals surface area (Å²) in [5.74, 6) is -1.94. The van der Waals surface area contributed by atoms with Gasteiger partial charge in [-0.25, -0.2) is 0 Å². The van der Waals surface area contributed by atoms with Gasteiger partial charge < -0.3 is 19.1 Å². The summed E-state index contributed by atoms with van der Waals surface area (Å²) in [4.78, 5) is 54.7. The van der Waals surface area contributed by atoms with Crippen molar-refractivity contribution in [1.82, 2.24) is 0 Å². The first-order valence-corrected chi connectivity index (χ1v) is 14.0. The summed E-state index contributed by atoms with van der Waals surface area (Å²) >= 11 is 0. The van der Waals surface area contributed by atoms with E-state index < -0.39 is 38.0 Å². The van der Waals surface area contributed by atoms with Gasteiger partial charge in [0.2, 0.25) is 18.2 Å². The minimum Gasteiger partial charge on any atom is -0.349 e. The zero-order valence-electron chi connectivity index (χ0n) is 17.6. The normalized spacial score (nSPS) is 13.2. The van der Waals surface area contributed by atoms with Crippen LogP contribution in [0, 0.1) is 0 Å². The molecule has 0 bridgehead atoms. The molecule has 0 aliphatic carbocycles. The van der Waals surface area contributed by atoms with Crippen LogP contribution < -0.4 is 0 Å². The number of unbranched alkanes of at least 4 members (excludes halogenated alkanes) is 8. The largest absolute Gasteiger partial charge is 0.351 e. The van der Waals surface area contributed by atoms with Crippen LogP contribution in [0.4, 0.5) is 0 Å². The summed E-state index contributed by atoms with van der Waals surface area (Å²) < 4.78 is 29.3. The van der Waals surface area contributed by atoms with Gasteiger partial charge in [-0.2, -0.15) is 0 Å². The number of hydrogen-bond acceptors (Lipinski definition) is 6. The fourth-order valence-corrected chi connectivity index (χ4v) is 5.67. The molecule has 1 unspecified atom stereocenters. The standard InChI is InChI=1S/C19H36O8P2/c1-3-5-7-9-11-13-17(21)29(26,18(22)14-12-10-8-6-4-2)19(15-20)27-16-28(23,24)25/h15,19H,3-14,16H2,1-2H3,(H2,23,24,25). The topological polar surface area (TPSA) is 135 Å². The van der Waals surface area contributed by atoms with Crippen molar-refractivity contribution in [2.75, 3.05) is 6.35 Å². The Morgan fingerprint density at radius 3 is 1.59 bits per heavy atom. The fraction of sp³-hybridized carbons (Fsp3) is 0.842. The summed E-state index contributed by atoms with van der Waals surface area (Å²) in [6, 6.07) is 0. The minimum atomic E-state index is -4.66. The molecule has 0 aromatic rings. The van der Waals surface area contributed by atoms with Crippen molar-refractivity contribution in [3.8, 4) is 0 Å². The molecule has 0 aromatic heterocycles. The Bertz CT molecular complexity index is 569. The Kier molecular flexibility index (Phi) is 14.9. The maximum atomic E-state index is 13.4. The summed E-state index contributed by atoms with van der Waals surface area (Å²) in [5, 5.41) is 0. The lowest BCUT2D eigenvalue weighted by Gasteiger charge is -2.22. The van der Waals surface area contributed by atoms with E-state index in [1.54, 1.807) is 0 Å². The summed E-state index contributed by atoms with van der Waals surface area (Å²) in [7, 11) is -9.08. The Labute approximate surface area is 173 Å². The highest BCUT2D eigenvalue weighted by molar-refractivity contribution is 7.95. The smallest absolute Gasteiger partial charge is 0.349 e. The van der Waals surface area contributed by atoms with E-state index in [1.165, 1.54) is 0 Å². The molecular weight excluding hydrogens is 418 g/mol. The van der Waals surface area contributed by atoms with Crippen LogP contribution in [0.15, 0.2) is 0 Å². The van der Waals surface area contributed by atoms with Crippen LogP contribution in [0.1, 0.15) is 90.9 Å². The lowest BCUT2D eigenvalue weighted by Crippen LogP contribution is -2.25. The number of hydrogen-bond donors (Lipinski definition) is 2. The Hall–Kier alpha value is -0.650. The molecule has 0 fully saturated rings. The monoisotopic (exact) mass is 454 g/mol. The molecule has 0 aliphatic heterocycles. The predicted octanol–water partition coefficient (Wildman–Crippen LogP) is 4.80. The number of rotatable bonds is 19. The van der Waals surface area contributed by atoms with Crippen LogP contribution in [0.3, 0.4) is 0 Å². The van der Waals surface area contributed by atoms with Gasteiger partial charge >= 0.3 is 7.60 Å². The van der Waals surface area contributed by atoms with Crippen molar-refractivity contribution in [2.45, 2.75) is 96.7 Å². The third-order valence-electron chi connectivity index (χ3n) is 4.62. The highest BCUT2D eigenvalue weighted by Crippen LogP contribution is 2.55. The van der Waals surface area contributed by atoms with Gasteiger partial charge in [0.1, 0.15) is 6.35 Å². The number of ether oxygens (including phenoxy) is 1. The first-order chi connectivity index (χ1) is 13.6. The van der Waals surface area contributed by atoms with Gasteiger partial charge in [-0.1, -0.05) is 65.2 Å². The van der Waals surface area contributed by atoms with Gasteiger partial charge in [0.05, 0.1) is 0 Å². The molecule has 0 rings (SSSR count). The predicted molar refractivity (Wildman–Crippen MR) is 112 cm³/mol. The fourth-order valence-electron chi connectivity index (χ4n) is 2.92. The zero-order chi connectivity index (χ0) is 22.3. The summed E-state index contributed by atoms with van der Waals surface area (Å²) in [6.45, 7) is 4.09. The molecule has 29 heavy (non-hydrogen) atoms. The third kappa shape index (κ3) is 11.4. The maximum Gasteiger partial charge on any atom is 0.351 e. The minimum absolute atomic E-state index is 0.0560. The van der Waals surface area contributed by atoms with Crippen molar-refractivity contribution in [2.24, 2.45) is 0 Å². The average molecular weight is 454 g/mol. The van der Waals surface area contributed by atoms with Gasteiger partial charge in [-0.3, -0.25) is 18.9 Å². The lowest BCUT2D eigenvalue weighted by atomic mass is 10.1. The van der Waals surface area contributed by atoms with Gasteiger partial charge in [0.15, 0.2) is 12.1 Å². The summed E-state index contributed by atoms with van der Waals surface area (Å²) in [6.07, 6.45) is 6.87. The SMILES string of the molecule is CCCCCCCC(=O)P(=O)(C(=O)CCCCCCC)C(C=O)OCP(=O)(O)O. The van der Waals surface area contributed by atoms with Crippen LogP contribution in [-0.2, 0) is 28.3 Å². The molecular formula is C19H36O8P2. The molecule has 8 nitrogen and oxygen atoms in total. The van der Waals surface area contributed by atoms with Crippen molar-refractivity contribution in [3.05, 3.63) is 0 Å². The Morgan fingerprint density at radius 2 is 1.24 bits per heavy atom. The van der Waals surface area contributed by atoms with Gasteiger partial charge in [0.25, 0.3) is 0 Å². The number of carbonyl (C=O) groups is 3. The molecule has 0 spiro atoms. The molecule has 0 saturated carbocycles. The second-order valence-corrected chi connectivity index (χ2v) is 11.7. The van der Waals surface area contributed by atoms with Gasteiger partial charge in [0, 0.05) is 12.8 Å². The first kappa shape index (κ1) is 28.4. The third-order valence-corrected chi connectivity index (χ3v) is 8.02. The highest BCUT2D eigenvalue weighted by atomic mass is 31.2. The van der Waals surface area contributed by atoms with Crippen LogP contribution in [0.2, 0.25) is 0 Å². The second kappa shape index (κ2) is 15.2. The van der Waals surface area contributed by atoms with E-state index in [-0.39, 0.29) is 19.1 Å². The molecule has 170 valence electrons. The lowest BCUT2D eigenvalue weighted by molar-refractivity contribution is -0.119. The number of aldehydes is 1. The van der Waals surface area contributed by atoms with E-state index in [0.717, 1.165) is 51.4 Å². The zero-order valence-corrected chi connectivity index (χ0v) is 19.4. The van der Waals surface area contributed by atoms with Crippen molar-refractivity contribution in [1.29, 1.82) is 0 Å². The molecule has 0 radical (unpaired) electrons. The highest BCUT2D eigenvalue weighted by Gasteiger charge is 2.47. The molecule has 0 heterocycles. The van der Waals surface area contributed by atoms with Crippen molar-refractivity contribution in [3.63, 3.8) is 0 Å². The van der Waals surface area contributed by atoms with Crippen molar-refractivity contribution >= 4 is 32.1 Å². The van der Waals surface area contributed by atoms with Crippen LogP contribution in [-0.4, -0.2) is 39.3 Å². The van der Waals surface area contributed by atoms with Gasteiger partial charge in [-0.15, -0.1) is 0 Å². The van der Waals surface area contributed by atoms with E-state index in [4.69, 9.17) is 14.5 Å². The summed E-state index contributed by atoms with van der Waals surface area (Å²) in [5.41, 5.74) is -1.68. The Balaban J connectivity index is 5.23. The van der Waals surface area contributed by atoms with Crippen LogP contribution in [0.5, 0.6) is 0 Å². The second-order valence-electron chi connectivity index (χ2n) is 7.26. The van der Waals surface area contributed by atoms with E-state index in [2.05, 4.69) is 0 Å². The molecule has 2 N–H and O–H groups in total. The molecule has 0 aromatic carbocycles. The van der Waals surface area contributed by atoms with Crippen LogP contribution >= 0.6 is 14.7 Å². The molecule has 10 heteroatoms. The Morgan fingerprint density at radius 1 is 0.828 bits per heavy atom. The van der Waals surface area contributed by atoms with Crippen molar-refractivity contribution < 1.29 is 38.0 Å².